The Kier molecular flexibility index (Phi) is 5.16. The lowest BCUT2D eigenvalue weighted by Crippen LogP contribution is -2.27. The van der Waals surface area contributed by atoms with Gasteiger partial charge in [0.2, 0.25) is 5.91 Å². The summed E-state index contributed by atoms with van der Waals surface area (Å²) in [5.74, 6) is -0.322. The maximum atomic E-state index is 12.4. The van der Waals surface area contributed by atoms with Gasteiger partial charge in [-0.15, -0.1) is 0 Å². The molecule has 2 aromatic rings. The first-order chi connectivity index (χ1) is 10.9. The zero-order valence-electron chi connectivity index (χ0n) is 13.9. The van der Waals surface area contributed by atoms with E-state index in [0.29, 0.717) is 11.3 Å². The highest BCUT2D eigenvalue weighted by Crippen LogP contribution is 2.20. The van der Waals surface area contributed by atoms with Crippen molar-refractivity contribution >= 4 is 17.5 Å². The molecule has 0 saturated heterocycles. The van der Waals surface area contributed by atoms with Crippen LogP contribution in [0.3, 0.4) is 0 Å². The molecule has 1 atom stereocenters. The predicted octanol–water partition coefficient (Wildman–Crippen LogP) is 3.75. The van der Waals surface area contributed by atoms with Gasteiger partial charge in [-0.05, 0) is 50.1 Å². The molecule has 23 heavy (non-hydrogen) atoms. The monoisotopic (exact) mass is 310 g/mol. The fourth-order valence-corrected chi connectivity index (χ4v) is 2.53. The number of aryl methyl sites for hydroxylation is 2. The number of nitrogens with one attached hydrogen (secondary N) is 2. The molecule has 2 amide bonds. The number of carbonyl (C=O) groups is 2. The van der Waals surface area contributed by atoms with E-state index in [2.05, 4.69) is 28.8 Å². The topological polar surface area (TPSA) is 58.2 Å². The van der Waals surface area contributed by atoms with Crippen molar-refractivity contribution in [3.05, 3.63) is 64.7 Å². The van der Waals surface area contributed by atoms with Crippen LogP contribution in [-0.2, 0) is 4.79 Å². The molecular formula is C19H22N2O2. The van der Waals surface area contributed by atoms with Crippen LogP contribution in [0, 0.1) is 13.8 Å². The standard InChI is InChI=1S/C19H22N2O2/c1-12-8-9-13(2)18(10-12)14(3)20-19(23)16-6-5-7-17(11-16)21-15(4)22/h5-11,14H,1-4H3,(H,20,23)(H,21,22). The van der Waals surface area contributed by atoms with Gasteiger partial charge < -0.3 is 10.6 Å². The van der Waals surface area contributed by atoms with Crippen molar-refractivity contribution in [1.29, 1.82) is 0 Å². The largest absolute Gasteiger partial charge is 0.346 e. The molecule has 2 rings (SSSR count). The van der Waals surface area contributed by atoms with E-state index in [0.717, 1.165) is 11.1 Å². The molecule has 1 unspecified atom stereocenters. The van der Waals surface area contributed by atoms with Crippen molar-refractivity contribution in [3.8, 4) is 0 Å². The van der Waals surface area contributed by atoms with Gasteiger partial charge in [-0.1, -0.05) is 29.8 Å². The van der Waals surface area contributed by atoms with E-state index in [9.17, 15) is 9.59 Å². The Morgan fingerprint density at radius 3 is 2.48 bits per heavy atom. The van der Waals surface area contributed by atoms with Gasteiger partial charge >= 0.3 is 0 Å². The van der Waals surface area contributed by atoms with Crippen molar-refractivity contribution in [3.63, 3.8) is 0 Å². The van der Waals surface area contributed by atoms with E-state index in [1.165, 1.54) is 12.5 Å². The maximum Gasteiger partial charge on any atom is 0.251 e. The number of hydrogen-bond donors (Lipinski definition) is 2. The van der Waals surface area contributed by atoms with E-state index >= 15 is 0 Å². The van der Waals surface area contributed by atoms with Crippen LogP contribution in [0.25, 0.3) is 0 Å². The van der Waals surface area contributed by atoms with E-state index in [-0.39, 0.29) is 17.9 Å². The average Bonchev–Trinajstić information content (AvgIpc) is 2.49. The minimum atomic E-state index is -0.161. The average molecular weight is 310 g/mol. The van der Waals surface area contributed by atoms with Gasteiger partial charge in [-0.25, -0.2) is 0 Å². The third-order valence-corrected chi connectivity index (χ3v) is 3.69. The lowest BCUT2D eigenvalue weighted by atomic mass is 9.99. The Balaban J connectivity index is 2.15. The third kappa shape index (κ3) is 4.42. The molecule has 4 nitrogen and oxygen atoms in total. The Labute approximate surface area is 136 Å². The molecule has 0 aliphatic rings. The van der Waals surface area contributed by atoms with Crippen molar-refractivity contribution in [1.82, 2.24) is 5.32 Å². The molecule has 120 valence electrons. The van der Waals surface area contributed by atoms with Crippen LogP contribution in [-0.4, -0.2) is 11.8 Å². The number of carbonyl (C=O) groups excluding carboxylic acids is 2. The summed E-state index contributed by atoms with van der Waals surface area (Å²) in [7, 11) is 0. The summed E-state index contributed by atoms with van der Waals surface area (Å²) in [6.45, 7) is 7.48. The predicted molar refractivity (Wildman–Crippen MR) is 92.5 cm³/mol. The van der Waals surface area contributed by atoms with E-state index in [4.69, 9.17) is 0 Å². The van der Waals surface area contributed by atoms with Gasteiger partial charge in [0.05, 0.1) is 6.04 Å². The van der Waals surface area contributed by atoms with Gasteiger partial charge in [-0.3, -0.25) is 9.59 Å². The fourth-order valence-electron chi connectivity index (χ4n) is 2.53. The Morgan fingerprint density at radius 1 is 1.04 bits per heavy atom. The van der Waals surface area contributed by atoms with Crippen molar-refractivity contribution in [2.75, 3.05) is 5.32 Å². The summed E-state index contributed by atoms with van der Waals surface area (Å²) in [4.78, 5) is 23.6. The van der Waals surface area contributed by atoms with E-state index in [1.54, 1.807) is 24.3 Å². The molecule has 0 saturated carbocycles. The number of rotatable bonds is 4. The normalized spacial score (nSPS) is 11.7. The third-order valence-electron chi connectivity index (χ3n) is 3.69. The number of benzene rings is 2. The molecule has 0 spiro atoms. The quantitative estimate of drug-likeness (QED) is 0.903. The highest BCUT2D eigenvalue weighted by molar-refractivity contribution is 5.97. The van der Waals surface area contributed by atoms with Gasteiger partial charge in [0, 0.05) is 18.2 Å². The molecule has 0 aromatic heterocycles. The number of anilines is 1. The van der Waals surface area contributed by atoms with Crippen LogP contribution < -0.4 is 10.6 Å². The zero-order valence-corrected chi connectivity index (χ0v) is 13.9. The van der Waals surface area contributed by atoms with E-state index in [1.807, 2.05) is 20.8 Å². The van der Waals surface area contributed by atoms with Gasteiger partial charge in [0.15, 0.2) is 0 Å². The zero-order chi connectivity index (χ0) is 17.0. The van der Waals surface area contributed by atoms with Gasteiger partial charge in [0.25, 0.3) is 5.91 Å². The van der Waals surface area contributed by atoms with E-state index < -0.39 is 0 Å². The van der Waals surface area contributed by atoms with Crippen LogP contribution >= 0.6 is 0 Å². The molecule has 2 aromatic carbocycles. The SMILES string of the molecule is CC(=O)Nc1cccc(C(=O)NC(C)c2cc(C)ccc2C)c1. The molecule has 0 radical (unpaired) electrons. The Morgan fingerprint density at radius 2 is 1.78 bits per heavy atom. The first-order valence-corrected chi connectivity index (χ1v) is 7.62. The van der Waals surface area contributed by atoms with Crippen LogP contribution in [0.15, 0.2) is 42.5 Å². The minimum Gasteiger partial charge on any atom is -0.346 e. The minimum absolute atomic E-state index is 0.0909. The lowest BCUT2D eigenvalue weighted by molar-refractivity contribution is -0.114. The fraction of sp³-hybridized carbons (Fsp3) is 0.263. The summed E-state index contributed by atoms with van der Waals surface area (Å²) in [5.41, 5.74) is 4.56. The second-order valence-corrected chi connectivity index (χ2v) is 5.82. The lowest BCUT2D eigenvalue weighted by Gasteiger charge is -2.17. The second-order valence-electron chi connectivity index (χ2n) is 5.82. The molecule has 4 heteroatoms. The number of hydrogen-bond acceptors (Lipinski definition) is 2. The number of amides is 2. The van der Waals surface area contributed by atoms with Crippen LogP contribution in [0.2, 0.25) is 0 Å². The molecule has 0 aliphatic carbocycles. The Bertz CT molecular complexity index is 738. The molecule has 0 bridgehead atoms. The highest BCUT2D eigenvalue weighted by Gasteiger charge is 2.14. The highest BCUT2D eigenvalue weighted by atomic mass is 16.2. The van der Waals surface area contributed by atoms with Gasteiger partial charge in [-0.2, -0.15) is 0 Å². The Hall–Kier alpha value is -2.62. The van der Waals surface area contributed by atoms with Gasteiger partial charge in [0.1, 0.15) is 0 Å². The van der Waals surface area contributed by atoms with Crippen molar-refractivity contribution < 1.29 is 9.59 Å². The molecule has 0 aliphatic heterocycles. The summed E-state index contributed by atoms with van der Waals surface area (Å²) >= 11 is 0. The van der Waals surface area contributed by atoms with Crippen LogP contribution in [0.5, 0.6) is 0 Å². The van der Waals surface area contributed by atoms with Crippen molar-refractivity contribution in [2.24, 2.45) is 0 Å². The summed E-state index contributed by atoms with van der Waals surface area (Å²) < 4.78 is 0. The first kappa shape index (κ1) is 16.7. The summed E-state index contributed by atoms with van der Waals surface area (Å²) in [6, 6.07) is 13.0. The summed E-state index contributed by atoms with van der Waals surface area (Å²) in [5, 5.41) is 5.69. The maximum absolute atomic E-state index is 12.4. The second kappa shape index (κ2) is 7.09. The van der Waals surface area contributed by atoms with Crippen LogP contribution in [0.1, 0.15) is 46.9 Å². The molecule has 0 heterocycles. The molecular weight excluding hydrogens is 288 g/mol. The molecule has 2 N–H and O–H groups in total. The van der Waals surface area contributed by atoms with Crippen molar-refractivity contribution in [2.45, 2.75) is 33.7 Å². The molecule has 0 fully saturated rings. The smallest absolute Gasteiger partial charge is 0.251 e. The first-order valence-electron chi connectivity index (χ1n) is 7.62. The van der Waals surface area contributed by atoms with Crippen LogP contribution in [0.4, 0.5) is 5.69 Å². The summed E-state index contributed by atoms with van der Waals surface area (Å²) in [6.07, 6.45) is 0.